The van der Waals surface area contributed by atoms with Gasteiger partial charge in [-0.3, -0.25) is 4.79 Å². The maximum absolute atomic E-state index is 12.3. The van der Waals surface area contributed by atoms with Crippen molar-refractivity contribution in [2.75, 3.05) is 24.3 Å². The fourth-order valence-corrected chi connectivity index (χ4v) is 2.19. The van der Waals surface area contributed by atoms with E-state index in [0.717, 1.165) is 16.9 Å². The molecule has 0 saturated heterocycles. The Morgan fingerprint density at radius 2 is 1.95 bits per heavy atom. The van der Waals surface area contributed by atoms with E-state index in [4.69, 9.17) is 23.2 Å². The van der Waals surface area contributed by atoms with Crippen molar-refractivity contribution in [2.45, 2.75) is 6.92 Å². The van der Waals surface area contributed by atoms with E-state index in [0.29, 0.717) is 5.56 Å². The predicted octanol–water partition coefficient (Wildman–Crippen LogP) is 4.02. The number of pyridine rings is 1. The molecule has 1 amide bonds. The summed E-state index contributed by atoms with van der Waals surface area (Å²) in [6.07, 6.45) is 1.36. The summed E-state index contributed by atoms with van der Waals surface area (Å²) in [7, 11) is 3.93. The van der Waals surface area contributed by atoms with Crippen molar-refractivity contribution in [1.82, 2.24) is 4.98 Å². The minimum Gasteiger partial charge on any atom is -0.378 e. The average Bonchev–Trinajstić information content (AvgIpc) is 2.43. The molecule has 4 nitrogen and oxygen atoms in total. The van der Waals surface area contributed by atoms with Gasteiger partial charge in [0.15, 0.2) is 0 Å². The number of anilines is 2. The second-order valence-electron chi connectivity index (χ2n) is 4.83. The summed E-state index contributed by atoms with van der Waals surface area (Å²) in [5.74, 6) is -0.315. The number of benzene rings is 1. The van der Waals surface area contributed by atoms with E-state index in [1.54, 1.807) is 0 Å². The van der Waals surface area contributed by atoms with Crippen molar-refractivity contribution in [3.8, 4) is 0 Å². The van der Waals surface area contributed by atoms with Crippen LogP contribution in [0.3, 0.4) is 0 Å². The van der Waals surface area contributed by atoms with Crippen LogP contribution in [0.5, 0.6) is 0 Å². The van der Waals surface area contributed by atoms with E-state index in [1.165, 1.54) is 12.3 Å². The van der Waals surface area contributed by atoms with Crippen LogP contribution < -0.4 is 10.2 Å². The standard InChI is InChI=1S/C15H15Cl2N3O/c1-9-6-10(20(2)3)4-5-13(9)19-15(21)11-7-14(17)18-8-12(11)16/h4-8H,1-3H3,(H,19,21). The molecule has 2 aromatic rings. The van der Waals surface area contributed by atoms with Crippen LogP contribution in [-0.4, -0.2) is 25.0 Å². The van der Waals surface area contributed by atoms with Gasteiger partial charge in [-0.25, -0.2) is 4.98 Å². The number of rotatable bonds is 3. The molecule has 0 spiro atoms. The first-order valence-corrected chi connectivity index (χ1v) is 7.04. The third kappa shape index (κ3) is 3.65. The molecule has 21 heavy (non-hydrogen) atoms. The average molecular weight is 324 g/mol. The normalized spacial score (nSPS) is 10.3. The number of nitrogens with one attached hydrogen (secondary N) is 1. The smallest absolute Gasteiger partial charge is 0.257 e. The van der Waals surface area contributed by atoms with E-state index in [2.05, 4.69) is 10.3 Å². The fraction of sp³-hybridized carbons (Fsp3) is 0.200. The highest BCUT2D eigenvalue weighted by Crippen LogP contribution is 2.24. The van der Waals surface area contributed by atoms with Crippen LogP contribution in [0.4, 0.5) is 11.4 Å². The highest BCUT2D eigenvalue weighted by Gasteiger charge is 2.13. The van der Waals surface area contributed by atoms with Crippen LogP contribution in [0.2, 0.25) is 10.2 Å². The van der Waals surface area contributed by atoms with Crippen LogP contribution in [0, 0.1) is 6.92 Å². The molecule has 0 aliphatic rings. The Labute approximate surface area is 133 Å². The third-order valence-corrected chi connectivity index (χ3v) is 3.55. The Morgan fingerprint density at radius 1 is 1.24 bits per heavy atom. The number of aryl methyl sites for hydroxylation is 1. The number of nitrogens with zero attached hydrogens (tertiary/aromatic N) is 2. The van der Waals surface area contributed by atoms with Crippen molar-refractivity contribution < 1.29 is 4.79 Å². The lowest BCUT2D eigenvalue weighted by molar-refractivity contribution is 0.102. The fourth-order valence-electron chi connectivity index (χ4n) is 1.84. The molecule has 0 aliphatic carbocycles. The van der Waals surface area contributed by atoms with E-state index in [9.17, 15) is 4.79 Å². The van der Waals surface area contributed by atoms with Crippen molar-refractivity contribution in [3.05, 3.63) is 51.8 Å². The molecule has 1 aromatic carbocycles. The summed E-state index contributed by atoms with van der Waals surface area (Å²) in [5.41, 5.74) is 3.06. The lowest BCUT2D eigenvalue weighted by atomic mass is 10.1. The minimum atomic E-state index is -0.315. The summed E-state index contributed by atoms with van der Waals surface area (Å²) in [6, 6.07) is 7.24. The zero-order valence-corrected chi connectivity index (χ0v) is 13.5. The molecule has 0 unspecified atom stereocenters. The Kier molecular flexibility index (Phi) is 4.70. The van der Waals surface area contributed by atoms with Gasteiger partial charge in [0.05, 0.1) is 10.6 Å². The Bertz CT molecular complexity index is 687. The molecule has 110 valence electrons. The summed E-state index contributed by atoms with van der Waals surface area (Å²) in [5, 5.41) is 3.32. The molecule has 0 atom stereocenters. The van der Waals surface area contributed by atoms with Crippen molar-refractivity contribution >= 4 is 40.5 Å². The molecule has 1 heterocycles. The van der Waals surface area contributed by atoms with Gasteiger partial charge in [0, 0.05) is 31.7 Å². The topological polar surface area (TPSA) is 45.2 Å². The summed E-state index contributed by atoms with van der Waals surface area (Å²) >= 11 is 11.8. The number of aromatic nitrogens is 1. The first kappa shape index (κ1) is 15.6. The van der Waals surface area contributed by atoms with Crippen LogP contribution in [0.25, 0.3) is 0 Å². The van der Waals surface area contributed by atoms with Gasteiger partial charge in [0.1, 0.15) is 5.15 Å². The van der Waals surface area contributed by atoms with E-state index in [-0.39, 0.29) is 16.1 Å². The van der Waals surface area contributed by atoms with Gasteiger partial charge in [-0.2, -0.15) is 0 Å². The zero-order valence-electron chi connectivity index (χ0n) is 11.9. The predicted molar refractivity (Wildman–Crippen MR) is 87.7 cm³/mol. The molecule has 0 bridgehead atoms. The number of carbonyl (C=O) groups is 1. The molecule has 0 saturated carbocycles. The molecular formula is C15H15Cl2N3O. The SMILES string of the molecule is Cc1cc(N(C)C)ccc1NC(=O)c1cc(Cl)ncc1Cl. The quantitative estimate of drug-likeness (QED) is 0.868. The number of halogens is 2. The lowest BCUT2D eigenvalue weighted by Crippen LogP contribution is -2.14. The van der Waals surface area contributed by atoms with Crippen LogP contribution in [0.1, 0.15) is 15.9 Å². The van der Waals surface area contributed by atoms with Gasteiger partial charge >= 0.3 is 0 Å². The largest absolute Gasteiger partial charge is 0.378 e. The van der Waals surface area contributed by atoms with E-state index >= 15 is 0 Å². The van der Waals surface area contributed by atoms with Crippen molar-refractivity contribution in [3.63, 3.8) is 0 Å². The minimum absolute atomic E-state index is 0.226. The molecule has 0 aliphatic heterocycles. The molecule has 0 radical (unpaired) electrons. The van der Waals surface area contributed by atoms with Gasteiger partial charge in [0.25, 0.3) is 5.91 Å². The molecule has 6 heteroatoms. The van der Waals surface area contributed by atoms with E-state index in [1.807, 2.05) is 44.1 Å². The van der Waals surface area contributed by atoms with E-state index < -0.39 is 0 Å². The van der Waals surface area contributed by atoms with Gasteiger partial charge < -0.3 is 10.2 Å². The number of hydrogen-bond acceptors (Lipinski definition) is 3. The maximum atomic E-state index is 12.3. The lowest BCUT2D eigenvalue weighted by Gasteiger charge is -2.15. The molecule has 2 rings (SSSR count). The monoisotopic (exact) mass is 323 g/mol. The Morgan fingerprint density at radius 3 is 2.57 bits per heavy atom. The van der Waals surface area contributed by atoms with Gasteiger partial charge in [-0.05, 0) is 36.8 Å². The first-order chi connectivity index (χ1) is 9.88. The zero-order chi connectivity index (χ0) is 15.6. The van der Waals surface area contributed by atoms with Gasteiger partial charge in [-0.15, -0.1) is 0 Å². The highest BCUT2D eigenvalue weighted by molar-refractivity contribution is 6.35. The van der Waals surface area contributed by atoms with Crippen molar-refractivity contribution in [2.24, 2.45) is 0 Å². The van der Waals surface area contributed by atoms with Crippen LogP contribution in [-0.2, 0) is 0 Å². The van der Waals surface area contributed by atoms with Crippen LogP contribution >= 0.6 is 23.2 Å². The number of amides is 1. The summed E-state index contributed by atoms with van der Waals surface area (Å²) in [6.45, 7) is 1.93. The second kappa shape index (κ2) is 6.33. The highest BCUT2D eigenvalue weighted by atomic mass is 35.5. The van der Waals surface area contributed by atoms with Gasteiger partial charge in [0.2, 0.25) is 0 Å². The number of hydrogen-bond donors (Lipinski definition) is 1. The second-order valence-corrected chi connectivity index (χ2v) is 5.63. The first-order valence-electron chi connectivity index (χ1n) is 6.29. The Balaban J connectivity index is 2.25. The summed E-state index contributed by atoms with van der Waals surface area (Å²) < 4.78 is 0. The number of carbonyl (C=O) groups excluding carboxylic acids is 1. The third-order valence-electron chi connectivity index (χ3n) is 3.04. The Hall–Kier alpha value is -1.78. The molecule has 0 fully saturated rings. The molecule has 1 aromatic heterocycles. The van der Waals surface area contributed by atoms with Crippen LogP contribution in [0.15, 0.2) is 30.5 Å². The van der Waals surface area contributed by atoms with Crippen molar-refractivity contribution in [1.29, 1.82) is 0 Å². The molecular weight excluding hydrogens is 309 g/mol. The summed E-state index contributed by atoms with van der Waals surface area (Å²) in [4.78, 5) is 18.1. The molecule has 1 N–H and O–H groups in total. The van der Waals surface area contributed by atoms with Gasteiger partial charge in [-0.1, -0.05) is 23.2 Å². The maximum Gasteiger partial charge on any atom is 0.257 e.